The van der Waals surface area contributed by atoms with Crippen molar-refractivity contribution in [3.05, 3.63) is 29.3 Å². The molecule has 3 aliphatic rings. The summed E-state index contributed by atoms with van der Waals surface area (Å²) in [6.45, 7) is 4.16. The predicted octanol–water partition coefficient (Wildman–Crippen LogP) is 0.690. The molecule has 3 aliphatic heterocycles. The molecule has 0 aromatic heterocycles. The second-order valence-corrected chi connectivity index (χ2v) is 9.08. The maximum Gasteiger partial charge on any atom is 0.253 e. The molecule has 0 aliphatic carbocycles. The number of fused-ring (bicyclic) bond motifs is 2. The Bertz CT molecular complexity index is 765. The van der Waals surface area contributed by atoms with Gasteiger partial charge in [0.25, 0.3) is 5.91 Å². The van der Waals surface area contributed by atoms with Gasteiger partial charge in [0.15, 0.2) is 0 Å². The minimum Gasteiger partial charge on any atom is -0.338 e. The summed E-state index contributed by atoms with van der Waals surface area (Å²) in [7, 11) is -3.27. The molecule has 0 saturated carbocycles. The molecular weight excluding hydrogens is 326 g/mol. The number of hydrogen-bond acceptors (Lipinski definition) is 4. The van der Waals surface area contributed by atoms with Crippen molar-refractivity contribution in [2.75, 3.05) is 43.3 Å². The van der Waals surface area contributed by atoms with Crippen LogP contribution < -0.4 is 9.62 Å². The lowest BCUT2D eigenvalue weighted by atomic mass is 10.0. The topological polar surface area (TPSA) is 69.7 Å². The van der Waals surface area contributed by atoms with Crippen molar-refractivity contribution in [3.8, 4) is 0 Å². The van der Waals surface area contributed by atoms with Crippen LogP contribution in [0.4, 0.5) is 5.69 Å². The monoisotopic (exact) mass is 349 g/mol. The van der Waals surface area contributed by atoms with Gasteiger partial charge < -0.3 is 10.2 Å². The smallest absolute Gasteiger partial charge is 0.253 e. The number of carbonyl (C=O) groups excluding carboxylic acids is 1. The molecule has 2 saturated heterocycles. The second kappa shape index (κ2) is 5.74. The van der Waals surface area contributed by atoms with Crippen LogP contribution in [0.3, 0.4) is 0 Å². The van der Waals surface area contributed by atoms with E-state index in [1.165, 1.54) is 10.6 Å². The summed E-state index contributed by atoms with van der Waals surface area (Å²) in [5, 5.41) is 3.38. The van der Waals surface area contributed by atoms with Gasteiger partial charge in [0, 0.05) is 38.3 Å². The summed E-state index contributed by atoms with van der Waals surface area (Å²) < 4.78 is 25.3. The predicted molar refractivity (Wildman–Crippen MR) is 92.7 cm³/mol. The normalized spacial score (nSPS) is 26.4. The van der Waals surface area contributed by atoms with E-state index in [0.717, 1.165) is 50.3 Å². The zero-order valence-corrected chi connectivity index (χ0v) is 14.7. The van der Waals surface area contributed by atoms with E-state index in [1.54, 1.807) is 12.1 Å². The fraction of sp³-hybridized carbons (Fsp3) is 0.588. The molecule has 0 unspecified atom stereocenters. The Morgan fingerprint density at radius 2 is 1.92 bits per heavy atom. The first-order chi connectivity index (χ1) is 11.4. The van der Waals surface area contributed by atoms with Crippen LogP contribution in [-0.4, -0.2) is 58.2 Å². The van der Waals surface area contributed by atoms with E-state index >= 15 is 0 Å². The van der Waals surface area contributed by atoms with Crippen LogP contribution in [0.1, 0.15) is 22.3 Å². The van der Waals surface area contributed by atoms with E-state index in [2.05, 4.69) is 5.32 Å². The Morgan fingerprint density at radius 3 is 2.58 bits per heavy atom. The van der Waals surface area contributed by atoms with Crippen LogP contribution in [0.5, 0.6) is 0 Å². The number of anilines is 1. The van der Waals surface area contributed by atoms with Gasteiger partial charge in [-0.3, -0.25) is 9.10 Å². The number of sulfonamides is 1. The van der Waals surface area contributed by atoms with Crippen molar-refractivity contribution >= 4 is 21.6 Å². The van der Waals surface area contributed by atoms with E-state index < -0.39 is 10.0 Å². The van der Waals surface area contributed by atoms with Gasteiger partial charge in [-0.05, 0) is 48.4 Å². The third-order valence-electron chi connectivity index (χ3n) is 5.48. The minimum absolute atomic E-state index is 0.0729. The zero-order valence-electron chi connectivity index (χ0n) is 13.9. The SMILES string of the molecule is CS(=O)(=O)N1CCCc2cc(C(=O)N3C[C@H]4CNC[C@H]4C3)ccc21. The highest BCUT2D eigenvalue weighted by molar-refractivity contribution is 7.92. The van der Waals surface area contributed by atoms with E-state index in [9.17, 15) is 13.2 Å². The van der Waals surface area contributed by atoms with Gasteiger partial charge in [-0.2, -0.15) is 0 Å². The number of benzene rings is 1. The highest BCUT2D eigenvalue weighted by Gasteiger charge is 2.38. The largest absolute Gasteiger partial charge is 0.338 e. The Balaban J connectivity index is 1.58. The number of carbonyl (C=O) groups is 1. The van der Waals surface area contributed by atoms with Crippen molar-refractivity contribution in [1.29, 1.82) is 0 Å². The van der Waals surface area contributed by atoms with Gasteiger partial charge in [0.05, 0.1) is 11.9 Å². The van der Waals surface area contributed by atoms with Crippen LogP contribution >= 0.6 is 0 Å². The first-order valence-electron chi connectivity index (χ1n) is 8.54. The summed E-state index contributed by atoms with van der Waals surface area (Å²) in [5.41, 5.74) is 2.36. The van der Waals surface area contributed by atoms with Gasteiger partial charge in [-0.1, -0.05) is 0 Å². The summed E-state index contributed by atoms with van der Waals surface area (Å²) in [6.07, 6.45) is 2.84. The van der Waals surface area contributed by atoms with E-state index in [-0.39, 0.29) is 5.91 Å². The third-order valence-corrected chi connectivity index (χ3v) is 6.66. The lowest BCUT2D eigenvalue weighted by Gasteiger charge is -2.29. The Morgan fingerprint density at radius 1 is 1.21 bits per heavy atom. The maximum absolute atomic E-state index is 12.8. The van der Waals surface area contributed by atoms with Crippen LogP contribution in [-0.2, 0) is 16.4 Å². The number of likely N-dealkylation sites (tertiary alicyclic amines) is 1. The lowest BCUT2D eigenvalue weighted by Crippen LogP contribution is -2.35. The molecule has 1 amide bonds. The van der Waals surface area contributed by atoms with E-state index in [4.69, 9.17) is 0 Å². The summed E-state index contributed by atoms with van der Waals surface area (Å²) >= 11 is 0. The maximum atomic E-state index is 12.8. The zero-order chi connectivity index (χ0) is 16.9. The molecule has 3 heterocycles. The average molecular weight is 349 g/mol. The molecule has 7 heteroatoms. The quantitative estimate of drug-likeness (QED) is 0.853. The highest BCUT2D eigenvalue weighted by atomic mass is 32.2. The minimum atomic E-state index is -3.27. The Labute approximate surface area is 142 Å². The van der Waals surface area contributed by atoms with Crippen molar-refractivity contribution < 1.29 is 13.2 Å². The Hall–Kier alpha value is -1.60. The Kier molecular flexibility index (Phi) is 3.80. The molecular formula is C17H23N3O3S. The average Bonchev–Trinajstić information content (AvgIpc) is 3.13. The highest BCUT2D eigenvalue weighted by Crippen LogP contribution is 2.32. The van der Waals surface area contributed by atoms with Gasteiger partial charge in [-0.15, -0.1) is 0 Å². The van der Waals surface area contributed by atoms with Crippen LogP contribution in [0.2, 0.25) is 0 Å². The molecule has 0 spiro atoms. The third kappa shape index (κ3) is 2.69. The van der Waals surface area contributed by atoms with Gasteiger partial charge in [0.2, 0.25) is 10.0 Å². The molecule has 0 radical (unpaired) electrons. The van der Waals surface area contributed by atoms with Crippen molar-refractivity contribution in [3.63, 3.8) is 0 Å². The molecule has 1 aromatic carbocycles. The number of hydrogen-bond donors (Lipinski definition) is 1. The second-order valence-electron chi connectivity index (χ2n) is 7.17. The first kappa shape index (κ1) is 15.9. The fourth-order valence-electron chi connectivity index (χ4n) is 4.24. The van der Waals surface area contributed by atoms with Crippen LogP contribution in [0.25, 0.3) is 0 Å². The standard InChI is InChI=1S/C17H23N3O3S/c1-24(22,23)20-6-2-3-12-7-13(4-5-16(12)20)17(21)19-10-14-8-18-9-15(14)11-19/h4-5,7,14-15,18H,2-3,6,8-11H2,1H3/t14-,15+. The van der Waals surface area contributed by atoms with Gasteiger partial charge in [-0.25, -0.2) is 8.42 Å². The molecule has 1 aromatic rings. The summed E-state index contributed by atoms with van der Waals surface area (Å²) in [5.74, 6) is 1.23. The molecule has 0 bridgehead atoms. The van der Waals surface area contributed by atoms with E-state index in [0.29, 0.717) is 23.9 Å². The van der Waals surface area contributed by atoms with Crippen LogP contribution in [0.15, 0.2) is 18.2 Å². The summed E-state index contributed by atoms with van der Waals surface area (Å²) in [4.78, 5) is 14.8. The molecule has 130 valence electrons. The molecule has 4 rings (SSSR count). The molecule has 2 atom stereocenters. The number of nitrogens with zero attached hydrogens (tertiary/aromatic N) is 2. The molecule has 24 heavy (non-hydrogen) atoms. The summed E-state index contributed by atoms with van der Waals surface area (Å²) in [6, 6.07) is 5.46. The molecule has 6 nitrogen and oxygen atoms in total. The van der Waals surface area contributed by atoms with Crippen molar-refractivity contribution in [2.45, 2.75) is 12.8 Å². The van der Waals surface area contributed by atoms with Gasteiger partial charge >= 0.3 is 0 Å². The fourth-order valence-corrected chi connectivity index (χ4v) is 5.24. The van der Waals surface area contributed by atoms with Crippen molar-refractivity contribution in [2.24, 2.45) is 11.8 Å². The molecule has 2 fully saturated rings. The van der Waals surface area contributed by atoms with Gasteiger partial charge in [0.1, 0.15) is 0 Å². The molecule has 1 N–H and O–H groups in total. The first-order valence-corrected chi connectivity index (χ1v) is 10.4. The van der Waals surface area contributed by atoms with Crippen LogP contribution in [0, 0.1) is 11.8 Å². The van der Waals surface area contributed by atoms with E-state index in [1.807, 2.05) is 11.0 Å². The lowest BCUT2D eigenvalue weighted by molar-refractivity contribution is 0.0781. The number of nitrogens with one attached hydrogen (secondary N) is 1. The van der Waals surface area contributed by atoms with Crippen molar-refractivity contribution in [1.82, 2.24) is 10.2 Å². The number of amides is 1. The number of rotatable bonds is 2. The number of aryl methyl sites for hydroxylation is 1.